The molecule has 102 valence electrons. The molecule has 1 aliphatic rings. The van der Waals surface area contributed by atoms with E-state index in [9.17, 15) is 23.5 Å². The van der Waals surface area contributed by atoms with E-state index < -0.39 is 34.9 Å². The van der Waals surface area contributed by atoms with Crippen LogP contribution >= 0.6 is 11.6 Å². The topological polar surface area (TPSA) is 57.6 Å². The quantitative estimate of drug-likeness (QED) is 0.865. The third-order valence-electron chi connectivity index (χ3n) is 2.91. The molecular weight excluding hydrogens is 280 g/mol. The van der Waals surface area contributed by atoms with Gasteiger partial charge in [0.25, 0.3) is 0 Å². The van der Waals surface area contributed by atoms with Crippen LogP contribution in [0.15, 0.2) is 18.2 Å². The van der Waals surface area contributed by atoms with Gasteiger partial charge < -0.3 is 10.0 Å². The zero-order valence-corrected chi connectivity index (χ0v) is 10.4. The van der Waals surface area contributed by atoms with Crippen LogP contribution in [0.25, 0.3) is 0 Å². The molecule has 1 fully saturated rings. The van der Waals surface area contributed by atoms with Gasteiger partial charge in [-0.3, -0.25) is 4.79 Å². The lowest BCUT2D eigenvalue weighted by Crippen LogP contribution is -2.36. The van der Waals surface area contributed by atoms with Gasteiger partial charge in [-0.25, -0.2) is 13.6 Å². The Morgan fingerprint density at radius 2 is 2.16 bits per heavy atom. The lowest BCUT2D eigenvalue weighted by molar-refractivity contribution is -0.148. The Kier molecular flexibility index (Phi) is 3.71. The van der Waals surface area contributed by atoms with Gasteiger partial charge in [-0.2, -0.15) is 0 Å². The number of halogens is 3. The van der Waals surface area contributed by atoms with Crippen LogP contribution in [0.5, 0.6) is 0 Å². The van der Waals surface area contributed by atoms with Crippen LogP contribution in [0, 0.1) is 11.6 Å². The standard InChI is InChI=1S/C12H10ClF2NO3/c13-6-3-10(17)16(5-6)11(12(18)19)8-2-1-7(14)4-9(8)15/h1-2,4,6,11H,3,5H2,(H,18,19). The summed E-state index contributed by atoms with van der Waals surface area (Å²) < 4.78 is 26.5. The van der Waals surface area contributed by atoms with E-state index in [1.807, 2.05) is 0 Å². The number of hydrogen-bond acceptors (Lipinski definition) is 2. The molecule has 2 rings (SSSR count). The predicted octanol–water partition coefficient (Wildman–Crippen LogP) is 1.93. The second-order valence-electron chi connectivity index (χ2n) is 4.25. The van der Waals surface area contributed by atoms with Gasteiger partial charge in [0.2, 0.25) is 5.91 Å². The Bertz CT molecular complexity index is 538. The smallest absolute Gasteiger partial charge is 0.331 e. The van der Waals surface area contributed by atoms with E-state index in [2.05, 4.69) is 0 Å². The number of carbonyl (C=O) groups excluding carboxylic acids is 1. The van der Waals surface area contributed by atoms with E-state index >= 15 is 0 Å². The first kappa shape index (κ1) is 13.7. The Hall–Kier alpha value is -1.69. The molecule has 1 aromatic carbocycles. The number of aliphatic carboxylic acids is 1. The van der Waals surface area contributed by atoms with Crippen molar-refractivity contribution in [1.82, 2.24) is 4.90 Å². The summed E-state index contributed by atoms with van der Waals surface area (Å²) in [4.78, 5) is 23.9. The summed E-state index contributed by atoms with van der Waals surface area (Å²) >= 11 is 5.79. The summed E-state index contributed by atoms with van der Waals surface area (Å²) in [7, 11) is 0. The number of likely N-dealkylation sites (tertiary alicyclic amines) is 1. The van der Waals surface area contributed by atoms with Crippen LogP contribution < -0.4 is 0 Å². The summed E-state index contributed by atoms with van der Waals surface area (Å²) in [5.41, 5.74) is -0.256. The van der Waals surface area contributed by atoms with Gasteiger partial charge in [0.15, 0.2) is 6.04 Å². The first-order valence-corrected chi connectivity index (χ1v) is 5.95. The maximum absolute atomic E-state index is 13.7. The maximum atomic E-state index is 13.7. The molecule has 1 aromatic rings. The van der Waals surface area contributed by atoms with Crippen LogP contribution in [0.2, 0.25) is 0 Å². The highest BCUT2D eigenvalue weighted by Crippen LogP contribution is 2.30. The number of alkyl halides is 1. The summed E-state index contributed by atoms with van der Waals surface area (Å²) in [5.74, 6) is -3.66. The number of carbonyl (C=O) groups is 2. The van der Waals surface area contributed by atoms with Gasteiger partial charge in [0.1, 0.15) is 11.6 Å². The molecule has 1 N–H and O–H groups in total. The molecule has 4 nitrogen and oxygen atoms in total. The average molecular weight is 290 g/mol. The van der Waals surface area contributed by atoms with Gasteiger partial charge in [0.05, 0.1) is 5.38 Å². The molecule has 1 heterocycles. The van der Waals surface area contributed by atoms with E-state index in [4.69, 9.17) is 11.6 Å². The molecule has 1 amide bonds. The first-order valence-electron chi connectivity index (χ1n) is 5.51. The van der Waals surface area contributed by atoms with Crippen molar-refractivity contribution in [2.75, 3.05) is 6.54 Å². The average Bonchev–Trinajstić information content (AvgIpc) is 2.61. The summed E-state index contributed by atoms with van der Waals surface area (Å²) in [5, 5.41) is 8.69. The van der Waals surface area contributed by atoms with Crippen molar-refractivity contribution < 1.29 is 23.5 Å². The van der Waals surface area contributed by atoms with Crippen LogP contribution in [0.1, 0.15) is 18.0 Å². The molecule has 0 radical (unpaired) electrons. The van der Waals surface area contributed by atoms with Crippen molar-refractivity contribution in [2.45, 2.75) is 17.8 Å². The number of hydrogen-bond donors (Lipinski definition) is 1. The lowest BCUT2D eigenvalue weighted by atomic mass is 10.0. The normalized spacial score (nSPS) is 20.7. The first-order chi connectivity index (χ1) is 8.90. The second-order valence-corrected chi connectivity index (χ2v) is 4.87. The van der Waals surface area contributed by atoms with Gasteiger partial charge >= 0.3 is 5.97 Å². The van der Waals surface area contributed by atoms with Crippen molar-refractivity contribution in [3.63, 3.8) is 0 Å². The van der Waals surface area contributed by atoms with Crippen molar-refractivity contribution in [3.05, 3.63) is 35.4 Å². The van der Waals surface area contributed by atoms with Crippen LogP contribution in [-0.2, 0) is 9.59 Å². The minimum Gasteiger partial charge on any atom is -0.479 e. The highest BCUT2D eigenvalue weighted by atomic mass is 35.5. The van der Waals surface area contributed by atoms with Crippen LogP contribution in [-0.4, -0.2) is 33.8 Å². The molecule has 0 spiro atoms. The van der Waals surface area contributed by atoms with Gasteiger partial charge in [-0.1, -0.05) is 6.07 Å². The highest BCUT2D eigenvalue weighted by molar-refractivity contribution is 6.22. The van der Waals surface area contributed by atoms with Crippen molar-refractivity contribution in [3.8, 4) is 0 Å². The zero-order chi connectivity index (χ0) is 14.2. The Balaban J connectivity index is 2.41. The SMILES string of the molecule is O=C(O)C(c1ccc(F)cc1F)N1CC(Cl)CC1=O. The number of carboxylic acids is 1. The van der Waals surface area contributed by atoms with Crippen LogP contribution in [0.4, 0.5) is 8.78 Å². The lowest BCUT2D eigenvalue weighted by Gasteiger charge is -2.24. The minimum atomic E-state index is -1.49. The molecule has 2 atom stereocenters. The van der Waals surface area contributed by atoms with Crippen molar-refractivity contribution in [1.29, 1.82) is 0 Å². The zero-order valence-electron chi connectivity index (χ0n) is 9.65. The van der Waals surface area contributed by atoms with Crippen LogP contribution in [0.3, 0.4) is 0 Å². The van der Waals surface area contributed by atoms with Gasteiger partial charge in [0, 0.05) is 24.6 Å². The number of benzene rings is 1. The predicted molar refractivity (Wildman–Crippen MR) is 62.7 cm³/mol. The second kappa shape index (κ2) is 5.13. The highest BCUT2D eigenvalue weighted by Gasteiger charge is 2.39. The molecule has 2 unspecified atom stereocenters. The van der Waals surface area contributed by atoms with Crippen molar-refractivity contribution in [2.24, 2.45) is 0 Å². The fourth-order valence-electron chi connectivity index (χ4n) is 2.09. The molecular formula is C12H10ClF2NO3. The third kappa shape index (κ3) is 2.68. The fraction of sp³-hybridized carbons (Fsp3) is 0.333. The molecule has 0 aliphatic carbocycles. The monoisotopic (exact) mass is 289 g/mol. The van der Waals surface area contributed by atoms with E-state index in [0.29, 0.717) is 6.07 Å². The molecule has 7 heteroatoms. The minimum absolute atomic E-state index is 0.00808. The number of carboxylic acid groups (broad SMARTS) is 1. The number of rotatable bonds is 3. The number of amides is 1. The van der Waals surface area contributed by atoms with E-state index in [1.165, 1.54) is 0 Å². The molecule has 1 aliphatic heterocycles. The Morgan fingerprint density at radius 1 is 1.47 bits per heavy atom. The molecule has 0 saturated carbocycles. The third-order valence-corrected chi connectivity index (χ3v) is 3.21. The van der Waals surface area contributed by atoms with Crippen molar-refractivity contribution >= 4 is 23.5 Å². The largest absolute Gasteiger partial charge is 0.479 e. The summed E-state index contributed by atoms with van der Waals surface area (Å²) in [6.07, 6.45) is 0.00808. The van der Waals surface area contributed by atoms with E-state index in [1.54, 1.807) is 0 Å². The molecule has 0 aromatic heterocycles. The molecule has 0 bridgehead atoms. The Morgan fingerprint density at radius 3 is 2.63 bits per heavy atom. The molecule has 19 heavy (non-hydrogen) atoms. The molecule has 1 saturated heterocycles. The van der Waals surface area contributed by atoms with Gasteiger partial charge in [-0.15, -0.1) is 11.6 Å². The summed E-state index contributed by atoms with van der Waals surface area (Å²) in [6, 6.07) is 1.08. The summed E-state index contributed by atoms with van der Waals surface area (Å²) in [6.45, 7) is 0.0220. The Labute approximate surface area is 112 Å². The maximum Gasteiger partial charge on any atom is 0.331 e. The van der Waals surface area contributed by atoms with E-state index in [-0.39, 0.29) is 18.5 Å². The number of nitrogens with zero attached hydrogens (tertiary/aromatic N) is 1. The fourth-order valence-corrected chi connectivity index (χ4v) is 2.37. The van der Waals surface area contributed by atoms with E-state index in [0.717, 1.165) is 17.0 Å². The van der Waals surface area contributed by atoms with Gasteiger partial charge in [-0.05, 0) is 6.07 Å².